The molecule has 2 aromatic carbocycles. The Labute approximate surface area is 126 Å². The van der Waals surface area contributed by atoms with Gasteiger partial charge in [0.1, 0.15) is 0 Å². The summed E-state index contributed by atoms with van der Waals surface area (Å²) in [5, 5.41) is 1.30. The predicted octanol–water partition coefficient (Wildman–Crippen LogP) is 3.39. The summed E-state index contributed by atoms with van der Waals surface area (Å²) in [4.78, 5) is 0. The molecule has 0 amide bonds. The third-order valence-electron chi connectivity index (χ3n) is 3.49. The molecule has 0 aliphatic heterocycles. The van der Waals surface area contributed by atoms with Gasteiger partial charge in [-0.1, -0.05) is 0 Å². The number of hydrogen-bond acceptors (Lipinski definition) is 0. The van der Waals surface area contributed by atoms with Gasteiger partial charge in [-0.3, -0.25) is 0 Å². The van der Waals surface area contributed by atoms with Gasteiger partial charge in [-0.15, -0.1) is 0 Å². The van der Waals surface area contributed by atoms with Gasteiger partial charge in [0.2, 0.25) is 0 Å². The van der Waals surface area contributed by atoms with E-state index in [4.69, 9.17) is 0 Å². The van der Waals surface area contributed by atoms with Crippen LogP contribution in [0.4, 0.5) is 0 Å². The van der Waals surface area contributed by atoms with Gasteiger partial charge < -0.3 is 0 Å². The van der Waals surface area contributed by atoms with Crippen molar-refractivity contribution in [3.05, 3.63) is 90.9 Å². The summed E-state index contributed by atoms with van der Waals surface area (Å²) in [6.07, 6.45) is 9.94. The number of allylic oxidation sites excluding steroid dienone is 4. The SMILES string of the molecule is [CH]1C=CC=C1CC[As](c1ccccc1)c1ccccc1. The van der Waals surface area contributed by atoms with Crippen LogP contribution in [0.2, 0.25) is 5.21 Å². The number of hydrogen-bond donors (Lipinski definition) is 0. The van der Waals surface area contributed by atoms with Crippen LogP contribution < -0.4 is 8.70 Å². The number of benzene rings is 2. The molecule has 1 heteroatoms. The van der Waals surface area contributed by atoms with E-state index in [-0.39, 0.29) is 0 Å². The fourth-order valence-corrected chi connectivity index (χ4v) is 7.40. The van der Waals surface area contributed by atoms with E-state index in [9.17, 15) is 0 Å². The standard InChI is InChI=1S/C19H18As/c1-3-11-18(12-4-1)20(19-13-5-2-6-14-19)16-15-17-9-7-8-10-17/h1-14H,15-16H2. The van der Waals surface area contributed by atoms with Gasteiger partial charge in [-0.25, -0.2) is 0 Å². The van der Waals surface area contributed by atoms with Crippen molar-refractivity contribution in [2.45, 2.75) is 11.6 Å². The molecule has 1 aliphatic carbocycles. The molecule has 0 saturated carbocycles. The third-order valence-corrected chi connectivity index (χ3v) is 8.77. The summed E-state index contributed by atoms with van der Waals surface area (Å²) in [6.45, 7) is 0. The van der Waals surface area contributed by atoms with Gasteiger partial charge in [0, 0.05) is 0 Å². The second-order valence-corrected chi connectivity index (χ2v) is 9.77. The van der Waals surface area contributed by atoms with Gasteiger partial charge in [0.25, 0.3) is 0 Å². The van der Waals surface area contributed by atoms with Gasteiger partial charge in [0.15, 0.2) is 0 Å². The summed E-state index contributed by atoms with van der Waals surface area (Å²) >= 11 is -1.17. The first-order valence-electron chi connectivity index (χ1n) is 7.02. The summed E-state index contributed by atoms with van der Waals surface area (Å²) in [5.41, 5.74) is 1.47. The molecule has 0 spiro atoms. The monoisotopic (exact) mass is 321 g/mol. The van der Waals surface area contributed by atoms with Crippen molar-refractivity contribution in [1.29, 1.82) is 0 Å². The van der Waals surface area contributed by atoms with E-state index in [1.807, 2.05) is 0 Å². The predicted molar refractivity (Wildman–Crippen MR) is 88.9 cm³/mol. The molecule has 0 bridgehead atoms. The van der Waals surface area contributed by atoms with Gasteiger partial charge >= 0.3 is 126 Å². The van der Waals surface area contributed by atoms with Crippen molar-refractivity contribution >= 4 is 23.4 Å². The van der Waals surface area contributed by atoms with Crippen LogP contribution >= 0.6 is 0 Å². The Hall–Kier alpha value is -1.52. The molecule has 0 nitrogen and oxygen atoms in total. The molecule has 0 atom stereocenters. The van der Waals surface area contributed by atoms with E-state index in [1.165, 1.54) is 17.2 Å². The maximum atomic E-state index is 2.30. The minimum atomic E-state index is -1.17. The molecule has 20 heavy (non-hydrogen) atoms. The van der Waals surface area contributed by atoms with Crippen LogP contribution in [0.3, 0.4) is 0 Å². The zero-order valence-electron chi connectivity index (χ0n) is 11.4. The second-order valence-electron chi connectivity index (χ2n) is 4.87. The van der Waals surface area contributed by atoms with Crippen LogP contribution in [0.25, 0.3) is 0 Å². The Morgan fingerprint density at radius 1 is 0.700 bits per heavy atom. The molecule has 0 saturated heterocycles. The zero-order valence-corrected chi connectivity index (χ0v) is 13.3. The van der Waals surface area contributed by atoms with Gasteiger partial charge in [0.05, 0.1) is 0 Å². The summed E-state index contributed by atoms with van der Waals surface area (Å²) in [7, 11) is 0. The molecule has 99 valence electrons. The van der Waals surface area contributed by atoms with Gasteiger partial charge in [-0.2, -0.15) is 0 Å². The first kappa shape index (κ1) is 13.5. The molecule has 0 fully saturated rings. The van der Waals surface area contributed by atoms with Crippen molar-refractivity contribution < 1.29 is 0 Å². The molecular weight excluding hydrogens is 303 g/mol. The first-order chi connectivity index (χ1) is 9.93. The Morgan fingerprint density at radius 2 is 1.30 bits per heavy atom. The van der Waals surface area contributed by atoms with Crippen LogP contribution in [-0.4, -0.2) is 14.7 Å². The Kier molecular flexibility index (Phi) is 4.56. The molecule has 3 rings (SSSR count). The van der Waals surface area contributed by atoms with Gasteiger partial charge in [-0.05, 0) is 0 Å². The molecule has 0 N–H and O–H groups in total. The fraction of sp³-hybridized carbons (Fsp3) is 0.105. The second kappa shape index (κ2) is 6.77. The van der Waals surface area contributed by atoms with Crippen molar-refractivity contribution in [3.63, 3.8) is 0 Å². The average molecular weight is 321 g/mol. The van der Waals surface area contributed by atoms with Crippen molar-refractivity contribution in [2.24, 2.45) is 0 Å². The van der Waals surface area contributed by atoms with Crippen molar-refractivity contribution in [1.82, 2.24) is 0 Å². The zero-order chi connectivity index (χ0) is 13.6. The quantitative estimate of drug-likeness (QED) is 0.741. The Morgan fingerprint density at radius 3 is 1.80 bits per heavy atom. The number of rotatable bonds is 5. The summed E-state index contributed by atoms with van der Waals surface area (Å²) in [6, 6.07) is 22.1. The Bertz CT molecular complexity index is 557. The van der Waals surface area contributed by atoms with E-state index >= 15 is 0 Å². The average Bonchev–Trinajstić information content (AvgIpc) is 3.03. The van der Waals surface area contributed by atoms with Crippen LogP contribution in [0, 0.1) is 6.42 Å². The first-order valence-corrected chi connectivity index (χ1v) is 10.2. The van der Waals surface area contributed by atoms with Crippen LogP contribution in [0.15, 0.2) is 84.5 Å². The third kappa shape index (κ3) is 3.32. The summed E-state index contributed by atoms with van der Waals surface area (Å²) < 4.78 is 3.11. The molecule has 2 aromatic rings. The van der Waals surface area contributed by atoms with E-state index in [1.54, 1.807) is 8.70 Å². The normalized spacial score (nSPS) is 13.8. The van der Waals surface area contributed by atoms with E-state index in [0.29, 0.717) is 0 Å². The Balaban J connectivity index is 1.80. The molecule has 0 unspecified atom stereocenters. The minimum absolute atomic E-state index is 1.17. The fourth-order valence-electron chi connectivity index (χ4n) is 2.44. The van der Waals surface area contributed by atoms with E-state index in [2.05, 4.69) is 85.3 Å². The van der Waals surface area contributed by atoms with Crippen molar-refractivity contribution in [2.75, 3.05) is 0 Å². The maximum absolute atomic E-state index is 2.30. The van der Waals surface area contributed by atoms with Crippen LogP contribution in [0.1, 0.15) is 6.42 Å². The molecule has 1 radical (unpaired) electrons. The van der Waals surface area contributed by atoms with Crippen molar-refractivity contribution in [3.8, 4) is 0 Å². The molecular formula is C19H18As. The topological polar surface area (TPSA) is 0 Å². The molecule has 0 aromatic heterocycles. The van der Waals surface area contributed by atoms with Crippen LogP contribution in [0.5, 0.6) is 0 Å². The summed E-state index contributed by atoms with van der Waals surface area (Å²) in [5.74, 6) is 0. The molecule has 1 aliphatic rings. The van der Waals surface area contributed by atoms with E-state index in [0.717, 1.165) is 0 Å². The molecule has 0 heterocycles. The van der Waals surface area contributed by atoms with E-state index < -0.39 is 14.7 Å². The van der Waals surface area contributed by atoms with Crippen LogP contribution in [-0.2, 0) is 0 Å².